The Morgan fingerprint density at radius 1 is 1.21 bits per heavy atom. The molecule has 2 N–H and O–H groups in total. The second kappa shape index (κ2) is 5.95. The lowest BCUT2D eigenvalue weighted by molar-refractivity contribution is 0.0981. The molecule has 0 unspecified atom stereocenters. The molecule has 1 aromatic carbocycles. The van der Waals surface area contributed by atoms with E-state index in [4.69, 9.17) is 12.2 Å². The molecule has 3 nitrogen and oxygen atoms in total. The summed E-state index contributed by atoms with van der Waals surface area (Å²) in [5, 5.41) is 7.85. The molecule has 5 heteroatoms. The van der Waals surface area contributed by atoms with E-state index >= 15 is 0 Å². The molecule has 1 amide bonds. The summed E-state index contributed by atoms with van der Waals surface area (Å²) in [5.74, 6) is -0.183. The van der Waals surface area contributed by atoms with Crippen LogP contribution < -0.4 is 10.6 Å². The molecule has 2 rings (SSSR count). The summed E-state index contributed by atoms with van der Waals surface area (Å²) in [6.07, 6.45) is 0. The monoisotopic (exact) mass is 290 g/mol. The van der Waals surface area contributed by atoms with E-state index in [-0.39, 0.29) is 5.91 Å². The SMILES string of the molecule is Cc1cc(C)cc(NC(=S)NC(=O)c2cccs2)c1. The average molecular weight is 290 g/mol. The molecule has 1 aromatic heterocycles. The van der Waals surface area contributed by atoms with Gasteiger partial charge in [-0.05, 0) is 60.8 Å². The lowest BCUT2D eigenvalue weighted by Gasteiger charge is -2.10. The Kier molecular flexibility index (Phi) is 4.29. The molecular formula is C14H14N2OS2. The minimum Gasteiger partial charge on any atom is -0.332 e. The standard InChI is InChI=1S/C14H14N2OS2/c1-9-6-10(2)8-11(7-9)15-14(18)16-13(17)12-4-3-5-19-12/h3-8H,1-2H3,(H2,15,16,17,18). The van der Waals surface area contributed by atoms with Gasteiger partial charge in [0.1, 0.15) is 0 Å². The Balaban J connectivity index is 1.99. The number of thiophene rings is 1. The van der Waals surface area contributed by atoms with Crippen molar-refractivity contribution in [2.45, 2.75) is 13.8 Å². The third kappa shape index (κ3) is 3.87. The maximum absolute atomic E-state index is 11.8. The molecule has 0 atom stereocenters. The van der Waals surface area contributed by atoms with E-state index in [1.807, 2.05) is 37.4 Å². The van der Waals surface area contributed by atoms with Crippen LogP contribution >= 0.6 is 23.6 Å². The Morgan fingerprint density at radius 2 is 1.89 bits per heavy atom. The molecule has 0 saturated heterocycles. The van der Waals surface area contributed by atoms with Gasteiger partial charge in [-0.25, -0.2) is 0 Å². The maximum Gasteiger partial charge on any atom is 0.267 e. The minimum atomic E-state index is -0.183. The molecule has 0 saturated carbocycles. The van der Waals surface area contributed by atoms with E-state index in [2.05, 4.69) is 16.7 Å². The van der Waals surface area contributed by atoms with E-state index in [1.165, 1.54) is 11.3 Å². The first-order valence-electron chi connectivity index (χ1n) is 5.79. The predicted molar refractivity (Wildman–Crippen MR) is 83.9 cm³/mol. The number of carbonyl (C=O) groups is 1. The van der Waals surface area contributed by atoms with Crippen molar-refractivity contribution in [3.63, 3.8) is 0 Å². The predicted octanol–water partition coefficient (Wildman–Crippen LogP) is 3.49. The maximum atomic E-state index is 11.8. The third-order valence-electron chi connectivity index (χ3n) is 2.45. The van der Waals surface area contributed by atoms with E-state index in [9.17, 15) is 4.79 Å². The van der Waals surface area contributed by atoms with Gasteiger partial charge in [0.05, 0.1) is 4.88 Å². The number of anilines is 1. The van der Waals surface area contributed by atoms with E-state index in [0.717, 1.165) is 16.8 Å². The highest BCUT2D eigenvalue weighted by Crippen LogP contribution is 2.14. The Labute approximate surface area is 121 Å². The number of nitrogens with one attached hydrogen (secondary N) is 2. The van der Waals surface area contributed by atoms with Crippen LogP contribution in [0.2, 0.25) is 0 Å². The highest BCUT2D eigenvalue weighted by Gasteiger charge is 2.08. The second-order valence-corrected chi connectivity index (χ2v) is 5.62. The normalized spacial score (nSPS) is 10.0. The molecule has 19 heavy (non-hydrogen) atoms. The number of hydrogen-bond donors (Lipinski definition) is 2. The Morgan fingerprint density at radius 3 is 2.47 bits per heavy atom. The Bertz CT molecular complexity index is 586. The fourth-order valence-electron chi connectivity index (χ4n) is 1.78. The molecule has 0 aliphatic heterocycles. The molecule has 1 heterocycles. The first-order valence-corrected chi connectivity index (χ1v) is 7.07. The number of rotatable bonds is 2. The molecule has 0 aliphatic carbocycles. The van der Waals surface area contributed by atoms with Gasteiger partial charge in [0.2, 0.25) is 0 Å². The van der Waals surface area contributed by atoms with Crippen LogP contribution in [0.3, 0.4) is 0 Å². The molecule has 0 radical (unpaired) electrons. The molecule has 2 aromatic rings. The third-order valence-corrected chi connectivity index (χ3v) is 3.52. The summed E-state index contributed by atoms with van der Waals surface area (Å²) >= 11 is 6.52. The van der Waals surface area contributed by atoms with Gasteiger partial charge in [-0.2, -0.15) is 0 Å². The van der Waals surface area contributed by atoms with E-state index < -0.39 is 0 Å². The van der Waals surface area contributed by atoms with Crippen molar-refractivity contribution < 1.29 is 4.79 Å². The summed E-state index contributed by atoms with van der Waals surface area (Å²) in [6.45, 7) is 4.04. The van der Waals surface area contributed by atoms with Crippen molar-refractivity contribution in [1.82, 2.24) is 5.32 Å². The van der Waals surface area contributed by atoms with E-state index in [1.54, 1.807) is 6.07 Å². The summed E-state index contributed by atoms with van der Waals surface area (Å²) in [7, 11) is 0. The fourth-order valence-corrected chi connectivity index (χ4v) is 2.61. The van der Waals surface area contributed by atoms with Gasteiger partial charge in [0.25, 0.3) is 5.91 Å². The average Bonchev–Trinajstić information content (AvgIpc) is 2.80. The van der Waals surface area contributed by atoms with Crippen molar-refractivity contribution in [3.8, 4) is 0 Å². The van der Waals surface area contributed by atoms with Gasteiger partial charge in [-0.1, -0.05) is 12.1 Å². The quantitative estimate of drug-likeness (QED) is 0.832. The zero-order valence-electron chi connectivity index (χ0n) is 10.7. The van der Waals surface area contributed by atoms with Crippen molar-refractivity contribution in [2.75, 3.05) is 5.32 Å². The van der Waals surface area contributed by atoms with Crippen molar-refractivity contribution in [2.24, 2.45) is 0 Å². The topological polar surface area (TPSA) is 41.1 Å². The smallest absolute Gasteiger partial charge is 0.267 e. The number of amides is 1. The minimum absolute atomic E-state index is 0.183. The van der Waals surface area contributed by atoms with Crippen LogP contribution in [0.4, 0.5) is 5.69 Å². The van der Waals surface area contributed by atoms with Gasteiger partial charge >= 0.3 is 0 Å². The highest BCUT2D eigenvalue weighted by molar-refractivity contribution is 7.80. The summed E-state index contributed by atoms with van der Waals surface area (Å²) in [6, 6.07) is 9.64. The van der Waals surface area contributed by atoms with Gasteiger partial charge < -0.3 is 5.32 Å². The second-order valence-electron chi connectivity index (χ2n) is 4.26. The first kappa shape index (κ1) is 13.7. The van der Waals surface area contributed by atoms with Gasteiger partial charge in [0, 0.05) is 5.69 Å². The fraction of sp³-hybridized carbons (Fsp3) is 0.143. The largest absolute Gasteiger partial charge is 0.332 e. The molecule has 0 spiro atoms. The van der Waals surface area contributed by atoms with Crippen LogP contribution in [0.5, 0.6) is 0 Å². The van der Waals surface area contributed by atoms with Gasteiger partial charge in [-0.3, -0.25) is 10.1 Å². The van der Waals surface area contributed by atoms with Crippen LogP contribution in [0, 0.1) is 13.8 Å². The molecule has 0 fully saturated rings. The van der Waals surface area contributed by atoms with Crippen LogP contribution in [0.25, 0.3) is 0 Å². The van der Waals surface area contributed by atoms with E-state index in [0.29, 0.717) is 9.99 Å². The molecule has 0 bridgehead atoms. The van der Waals surface area contributed by atoms with Crippen LogP contribution in [0.15, 0.2) is 35.7 Å². The molecule has 98 valence electrons. The van der Waals surface area contributed by atoms with Crippen molar-refractivity contribution >= 4 is 40.3 Å². The highest BCUT2D eigenvalue weighted by atomic mass is 32.1. The summed E-state index contributed by atoms with van der Waals surface area (Å²) in [4.78, 5) is 12.5. The first-order chi connectivity index (χ1) is 9.04. The number of thiocarbonyl (C=S) groups is 1. The van der Waals surface area contributed by atoms with Crippen LogP contribution in [-0.2, 0) is 0 Å². The van der Waals surface area contributed by atoms with Gasteiger partial charge in [-0.15, -0.1) is 11.3 Å². The zero-order chi connectivity index (χ0) is 13.8. The molecule has 0 aliphatic rings. The summed E-state index contributed by atoms with van der Waals surface area (Å²) in [5.41, 5.74) is 3.18. The number of benzene rings is 1. The summed E-state index contributed by atoms with van der Waals surface area (Å²) < 4.78 is 0. The van der Waals surface area contributed by atoms with Crippen molar-refractivity contribution in [3.05, 3.63) is 51.7 Å². The number of carbonyl (C=O) groups excluding carboxylic acids is 1. The number of hydrogen-bond acceptors (Lipinski definition) is 3. The number of aryl methyl sites for hydroxylation is 2. The Hall–Kier alpha value is -1.72. The van der Waals surface area contributed by atoms with Crippen LogP contribution in [0.1, 0.15) is 20.8 Å². The lowest BCUT2D eigenvalue weighted by Crippen LogP contribution is -2.33. The van der Waals surface area contributed by atoms with Gasteiger partial charge in [0.15, 0.2) is 5.11 Å². The zero-order valence-corrected chi connectivity index (χ0v) is 12.3. The lowest BCUT2D eigenvalue weighted by atomic mass is 10.1. The van der Waals surface area contributed by atoms with Crippen LogP contribution in [-0.4, -0.2) is 11.0 Å². The molecular weight excluding hydrogens is 276 g/mol. The van der Waals surface area contributed by atoms with Crippen molar-refractivity contribution in [1.29, 1.82) is 0 Å².